The van der Waals surface area contributed by atoms with Crippen LogP contribution in [-0.2, 0) is 24.9 Å². The van der Waals surface area contributed by atoms with E-state index in [1.54, 1.807) is 0 Å². The molecular weight excluding hydrogens is 667 g/mol. The van der Waals surface area contributed by atoms with Gasteiger partial charge in [0.1, 0.15) is 14.1 Å². The number of hydrogen-bond donors (Lipinski definition) is 0. The van der Waals surface area contributed by atoms with Crippen molar-refractivity contribution in [2.75, 3.05) is 4.90 Å². The minimum Gasteiger partial charge on any atom is -0.310 e. The Bertz CT molecular complexity index is 2700. The molecule has 8 aromatic rings. The highest BCUT2D eigenvalue weighted by atomic mass is 15.1. The highest BCUT2D eigenvalue weighted by Crippen LogP contribution is 2.58. The van der Waals surface area contributed by atoms with Crippen LogP contribution in [0.25, 0.3) is 55.3 Å². The van der Waals surface area contributed by atoms with Crippen LogP contribution in [-0.4, -0.2) is 0 Å². The van der Waals surface area contributed by atoms with Gasteiger partial charge in [0.15, 0.2) is 24.8 Å². The van der Waals surface area contributed by atoms with E-state index in [1.807, 2.05) is 0 Å². The Morgan fingerprint density at radius 2 is 0.855 bits per heavy atom. The number of pyridine rings is 2. The molecule has 3 nitrogen and oxygen atoms in total. The molecule has 0 radical (unpaired) electrons. The Morgan fingerprint density at radius 3 is 1.44 bits per heavy atom. The fourth-order valence-corrected chi connectivity index (χ4v) is 9.36. The summed E-state index contributed by atoms with van der Waals surface area (Å²) in [6, 6.07) is 52.4. The molecule has 6 aromatic carbocycles. The van der Waals surface area contributed by atoms with Crippen molar-refractivity contribution in [1.29, 1.82) is 0 Å². The fraction of sp³-hybridized carbons (Fsp3) is 0.154. The second-order valence-electron chi connectivity index (χ2n) is 16.5. The topological polar surface area (TPSA) is 11.0 Å². The van der Waals surface area contributed by atoms with Crippen molar-refractivity contribution >= 4 is 27.8 Å². The van der Waals surface area contributed by atoms with E-state index in [1.165, 1.54) is 83.2 Å². The summed E-state index contributed by atoms with van der Waals surface area (Å²) >= 11 is 0. The van der Waals surface area contributed by atoms with Crippen molar-refractivity contribution in [3.63, 3.8) is 0 Å². The summed E-state index contributed by atoms with van der Waals surface area (Å²) in [6.07, 6.45) is 8.42. The molecule has 266 valence electrons. The summed E-state index contributed by atoms with van der Waals surface area (Å²) in [4.78, 5) is 2.46. The molecule has 55 heavy (non-hydrogen) atoms. The molecule has 0 unspecified atom stereocenters. The Labute approximate surface area is 324 Å². The Hall–Kier alpha value is -6.32. The third kappa shape index (κ3) is 5.10. The third-order valence-corrected chi connectivity index (χ3v) is 12.5. The van der Waals surface area contributed by atoms with Gasteiger partial charge in [-0.25, -0.2) is 9.13 Å². The average Bonchev–Trinajstić information content (AvgIpc) is 3.57. The first-order valence-electron chi connectivity index (χ1n) is 19.4. The molecule has 0 saturated carbocycles. The number of aromatic nitrogens is 2. The monoisotopic (exact) mass is 711 g/mol. The van der Waals surface area contributed by atoms with Crippen molar-refractivity contribution in [2.24, 2.45) is 14.1 Å². The predicted octanol–water partition coefficient (Wildman–Crippen LogP) is 11.9. The number of fused-ring (bicyclic) bond motifs is 8. The number of hydrogen-bond acceptors (Lipinski definition) is 1. The van der Waals surface area contributed by atoms with Crippen LogP contribution in [0.4, 0.5) is 17.1 Å². The fourth-order valence-electron chi connectivity index (χ4n) is 9.36. The van der Waals surface area contributed by atoms with Gasteiger partial charge in [0.2, 0.25) is 0 Å². The van der Waals surface area contributed by atoms with Crippen LogP contribution in [0, 0.1) is 0 Å². The van der Waals surface area contributed by atoms with E-state index in [0.717, 1.165) is 11.4 Å². The number of anilines is 3. The number of nitrogens with zero attached hydrogens (tertiary/aromatic N) is 3. The lowest BCUT2D eigenvalue weighted by atomic mass is 9.79. The number of rotatable bonds is 5. The van der Waals surface area contributed by atoms with Crippen molar-refractivity contribution in [3.8, 4) is 44.5 Å². The second-order valence-corrected chi connectivity index (χ2v) is 16.5. The van der Waals surface area contributed by atoms with E-state index in [0.29, 0.717) is 0 Å². The standard InChI is InChI=1S/C52H45N3/c1-51(2)45-14-10-9-11-40(45)43-31-47-44(32-46(43)51)50-42-13-8-7-12-41(42)49(33-48(50)52(47,3)4)55(38-19-15-34(16-20-38)36-23-27-53(5)28-24-36)39-21-17-35(18-22-39)37-25-29-54(6)30-26-37/h7-33H,1-6H3/q+2. The highest BCUT2D eigenvalue weighted by molar-refractivity contribution is 6.10. The predicted molar refractivity (Wildman–Crippen MR) is 227 cm³/mol. The van der Waals surface area contributed by atoms with Crippen LogP contribution in [0.3, 0.4) is 0 Å². The molecule has 2 aliphatic rings. The molecule has 0 amide bonds. The summed E-state index contributed by atoms with van der Waals surface area (Å²) in [6.45, 7) is 9.61. The van der Waals surface area contributed by atoms with E-state index >= 15 is 0 Å². The largest absolute Gasteiger partial charge is 0.310 e. The van der Waals surface area contributed by atoms with Gasteiger partial charge in [0, 0.05) is 51.9 Å². The number of benzene rings is 6. The van der Waals surface area contributed by atoms with Gasteiger partial charge in [-0.3, -0.25) is 0 Å². The highest BCUT2D eigenvalue weighted by Gasteiger charge is 2.42. The molecule has 10 rings (SSSR count). The average molecular weight is 712 g/mol. The van der Waals surface area contributed by atoms with Gasteiger partial charge < -0.3 is 4.90 Å². The van der Waals surface area contributed by atoms with Crippen LogP contribution in [0.1, 0.15) is 49.9 Å². The normalized spacial score (nSPS) is 14.3. The minimum atomic E-state index is -0.202. The van der Waals surface area contributed by atoms with Crippen LogP contribution < -0.4 is 14.0 Å². The molecule has 2 aromatic heterocycles. The third-order valence-electron chi connectivity index (χ3n) is 12.5. The lowest BCUT2D eigenvalue weighted by Gasteiger charge is -2.30. The minimum absolute atomic E-state index is 0.0619. The Morgan fingerprint density at radius 1 is 0.400 bits per heavy atom. The zero-order valence-electron chi connectivity index (χ0n) is 32.4. The number of aryl methyl sites for hydroxylation is 2. The van der Waals surface area contributed by atoms with E-state index in [4.69, 9.17) is 0 Å². The SMILES string of the molecule is C[n+]1ccc(-c2ccc(N(c3ccc(-c4cc[n+](C)cc4)cc3)c3cc4c(c5ccccc35)-c3cc5c(cc3C4(C)C)-c3ccccc3C5(C)C)cc2)cc1. The molecule has 2 aliphatic carbocycles. The van der Waals surface area contributed by atoms with Crippen molar-refractivity contribution in [2.45, 2.75) is 38.5 Å². The Balaban J connectivity index is 1.17. The van der Waals surface area contributed by atoms with Gasteiger partial charge in [-0.1, -0.05) is 100 Å². The van der Waals surface area contributed by atoms with Crippen LogP contribution >= 0.6 is 0 Å². The summed E-state index contributed by atoms with van der Waals surface area (Å²) in [7, 11) is 4.11. The van der Waals surface area contributed by atoms with Crippen LogP contribution in [0.2, 0.25) is 0 Å². The van der Waals surface area contributed by atoms with E-state index in [2.05, 4.69) is 220 Å². The van der Waals surface area contributed by atoms with Crippen molar-refractivity contribution in [1.82, 2.24) is 0 Å². The zero-order valence-corrected chi connectivity index (χ0v) is 32.4. The zero-order chi connectivity index (χ0) is 37.6. The molecular formula is C52H45N3+2. The molecule has 0 aliphatic heterocycles. The van der Waals surface area contributed by atoms with Gasteiger partial charge in [-0.2, -0.15) is 0 Å². The molecule has 0 N–H and O–H groups in total. The lowest BCUT2D eigenvalue weighted by molar-refractivity contribution is -0.671. The van der Waals surface area contributed by atoms with Crippen molar-refractivity contribution < 1.29 is 9.13 Å². The second kappa shape index (κ2) is 12.1. The summed E-state index contributed by atoms with van der Waals surface area (Å²) in [5, 5.41) is 2.54. The van der Waals surface area contributed by atoms with Crippen molar-refractivity contribution in [3.05, 3.63) is 187 Å². The summed E-state index contributed by atoms with van der Waals surface area (Å²) in [5.41, 5.74) is 19.1. The smallest absolute Gasteiger partial charge is 0.169 e. The maximum Gasteiger partial charge on any atom is 0.169 e. The van der Waals surface area contributed by atoms with Gasteiger partial charge in [-0.15, -0.1) is 0 Å². The lowest BCUT2D eigenvalue weighted by Crippen LogP contribution is -2.25. The molecule has 0 atom stereocenters. The molecule has 2 heterocycles. The maximum atomic E-state index is 2.53. The first-order chi connectivity index (χ1) is 26.6. The quantitative estimate of drug-likeness (QED) is 0.162. The summed E-state index contributed by atoms with van der Waals surface area (Å²) < 4.78 is 4.15. The molecule has 0 bridgehead atoms. The van der Waals surface area contributed by atoms with E-state index in [-0.39, 0.29) is 10.8 Å². The van der Waals surface area contributed by atoms with Crippen LogP contribution in [0.15, 0.2) is 164 Å². The first-order valence-corrected chi connectivity index (χ1v) is 19.4. The van der Waals surface area contributed by atoms with Gasteiger partial charge >= 0.3 is 0 Å². The van der Waals surface area contributed by atoms with Gasteiger partial charge in [-0.05, 0) is 115 Å². The Kier molecular flexibility index (Phi) is 7.32. The summed E-state index contributed by atoms with van der Waals surface area (Å²) in [5.74, 6) is 0. The van der Waals surface area contributed by atoms with E-state index < -0.39 is 0 Å². The van der Waals surface area contributed by atoms with Gasteiger partial charge in [0.05, 0.1) is 5.69 Å². The molecule has 0 spiro atoms. The first kappa shape index (κ1) is 33.3. The van der Waals surface area contributed by atoms with E-state index in [9.17, 15) is 0 Å². The maximum absolute atomic E-state index is 2.53. The molecule has 3 heteroatoms. The molecule has 0 saturated heterocycles. The van der Waals surface area contributed by atoms with Gasteiger partial charge in [0.25, 0.3) is 0 Å². The van der Waals surface area contributed by atoms with Crippen LogP contribution in [0.5, 0.6) is 0 Å². The molecule has 0 fully saturated rings.